The van der Waals surface area contributed by atoms with Crippen LogP contribution >= 0.6 is 0 Å². The van der Waals surface area contributed by atoms with Crippen molar-refractivity contribution in [1.82, 2.24) is 10.4 Å². The Hall–Kier alpha value is -4.84. The highest BCUT2D eigenvalue weighted by Crippen LogP contribution is 2.35. The van der Waals surface area contributed by atoms with Crippen molar-refractivity contribution in [1.29, 1.82) is 0 Å². The van der Waals surface area contributed by atoms with E-state index in [2.05, 4.69) is 69.1 Å². The van der Waals surface area contributed by atoms with E-state index in [9.17, 15) is 4.79 Å². The van der Waals surface area contributed by atoms with Crippen LogP contribution in [0.4, 0.5) is 5.69 Å². The summed E-state index contributed by atoms with van der Waals surface area (Å²) in [7, 11) is 0. The molecule has 36 heavy (non-hydrogen) atoms. The average molecular weight is 472 g/mol. The highest BCUT2D eigenvalue weighted by atomic mass is 16.2. The van der Waals surface area contributed by atoms with Crippen molar-refractivity contribution in [3.8, 4) is 0 Å². The van der Waals surface area contributed by atoms with E-state index < -0.39 is 0 Å². The lowest BCUT2D eigenvalue weighted by molar-refractivity contribution is 0.0955. The van der Waals surface area contributed by atoms with E-state index in [0.29, 0.717) is 5.56 Å². The number of nitrogens with one attached hydrogen (secondary N) is 1. The molecule has 1 amide bonds. The van der Waals surface area contributed by atoms with Crippen molar-refractivity contribution in [2.45, 2.75) is 12.5 Å². The maximum absolute atomic E-state index is 12.1. The molecule has 0 aliphatic carbocycles. The van der Waals surface area contributed by atoms with Gasteiger partial charge in [0, 0.05) is 18.8 Å². The molecule has 1 unspecified atom stereocenters. The summed E-state index contributed by atoms with van der Waals surface area (Å²) in [5, 5.41) is 11.1. The number of aromatic nitrogens is 1. The lowest BCUT2D eigenvalue weighted by Gasteiger charge is -2.24. The van der Waals surface area contributed by atoms with Crippen molar-refractivity contribution in [2.75, 3.05) is 5.01 Å². The Kier molecular flexibility index (Phi) is 7.04. The van der Waals surface area contributed by atoms with Crippen molar-refractivity contribution in [2.24, 2.45) is 10.2 Å². The summed E-state index contributed by atoms with van der Waals surface area (Å²) < 4.78 is 0. The number of anilines is 1. The first-order chi connectivity index (χ1) is 17.8. The SMILES string of the molecule is O=C(N/N=C/c1ccc(N2N=C(/C=C/c3ccccc3)CC2c2ccccc2)cc1)c1cccnc1. The Bertz CT molecular complexity index is 1380. The molecule has 5 rings (SSSR count). The molecule has 2 heterocycles. The molecule has 176 valence electrons. The minimum absolute atomic E-state index is 0.111. The monoisotopic (exact) mass is 471 g/mol. The van der Waals surface area contributed by atoms with Crippen molar-refractivity contribution >= 4 is 29.6 Å². The molecular weight excluding hydrogens is 446 g/mol. The second kappa shape index (κ2) is 11.1. The van der Waals surface area contributed by atoms with Gasteiger partial charge in [0.2, 0.25) is 0 Å². The van der Waals surface area contributed by atoms with Gasteiger partial charge >= 0.3 is 0 Å². The van der Waals surface area contributed by atoms with Crippen LogP contribution in [0.25, 0.3) is 6.08 Å². The van der Waals surface area contributed by atoms with E-state index in [4.69, 9.17) is 5.10 Å². The molecule has 4 aromatic rings. The quantitative estimate of drug-likeness (QED) is 0.271. The van der Waals surface area contributed by atoms with Gasteiger partial charge in [-0.3, -0.25) is 14.8 Å². The maximum atomic E-state index is 12.1. The fourth-order valence-electron chi connectivity index (χ4n) is 4.00. The molecule has 1 aliphatic heterocycles. The van der Waals surface area contributed by atoms with Gasteiger partial charge in [-0.05, 0) is 47.0 Å². The van der Waals surface area contributed by atoms with Crippen LogP contribution in [0.2, 0.25) is 0 Å². The van der Waals surface area contributed by atoms with Crippen LogP contribution in [0.15, 0.2) is 126 Å². The predicted molar refractivity (Wildman–Crippen MR) is 145 cm³/mol. The van der Waals surface area contributed by atoms with E-state index in [1.54, 1.807) is 24.5 Å². The second-order valence-corrected chi connectivity index (χ2v) is 8.34. The Morgan fingerprint density at radius 2 is 1.61 bits per heavy atom. The average Bonchev–Trinajstić information content (AvgIpc) is 3.38. The molecule has 0 radical (unpaired) electrons. The lowest BCUT2D eigenvalue weighted by Crippen LogP contribution is -2.18. The van der Waals surface area contributed by atoms with Crippen LogP contribution in [-0.4, -0.2) is 22.8 Å². The highest BCUT2D eigenvalue weighted by molar-refractivity contribution is 6.01. The van der Waals surface area contributed by atoms with Gasteiger partial charge in [-0.2, -0.15) is 10.2 Å². The van der Waals surface area contributed by atoms with Crippen LogP contribution in [0, 0.1) is 0 Å². The van der Waals surface area contributed by atoms with E-state index in [1.807, 2.05) is 48.5 Å². The van der Waals surface area contributed by atoms with E-state index in [-0.39, 0.29) is 11.9 Å². The van der Waals surface area contributed by atoms with Crippen molar-refractivity contribution in [3.63, 3.8) is 0 Å². The van der Waals surface area contributed by atoms with Gasteiger partial charge in [-0.1, -0.05) is 78.9 Å². The van der Waals surface area contributed by atoms with Crippen LogP contribution in [0.3, 0.4) is 0 Å². The van der Waals surface area contributed by atoms with Gasteiger partial charge in [-0.15, -0.1) is 0 Å². The minimum Gasteiger partial charge on any atom is -0.267 e. The first kappa shape index (κ1) is 22.9. The van der Waals surface area contributed by atoms with Gasteiger partial charge in [0.05, 0.1) is 29.2 Å². The van der Waals surface area contributed by atoms with E-state index in [0.717, 1.165) is 28.9 Å². The number of allylic oxidation sites excluding steroid dienone is 1. The van der Waals surface area contributed by atoms with E-state index >= 15 is 0 Å². The molecule has 0 saturated heterocycles. The maximum Gasteiger partial charge on any atom is 0.272 e. The van der Waals surface area contributed by atoms with Crippen LogP contribution < -0.4 is 10.4 Å². The Morgan fingerprint density at radius 3 is 2.33 bits per heavy atom. The summed E-state index contributed by atoms with van der Waals surface area (Å²) in [5.41, 5.74) is 8.24. The summed E-state index contributed by atoms with van der Waals surface area (Å²) in [6, 6.07) is 32.2. The van der Waals surface area contributed by atoms with Gasteiger partial charge in [0.1, 0.15) is 0 Å². The summed E-state index contributed by atoms with van der Waals surface area (Å²) in [4.78, 5) is 16.1. The number of carbonyl (C=O) groups excluding carboxylic acids is 1. The van der Waals surface area contributed by atoms with Crippen molar-refractivity contribution < 1.29 is 4.79 Å². The molecule has 1 aliphatic rings. The Morgan fingerprint density at radius 1 is 0.861 bits per heavy atom. The topological polar surface area (TPSA) is 70.0 Å². The van der Waals surface area contributed by atoms with Gasteiger partial charge in [0.25, 0.3) is 5.91 Å². The molecule has 0 bridgehead atoms. The molecule has 0 saturated carbocycles. The first-order valence-electron chi connectivity index (χ1n) is 11.7. The number of amides is 1. The molecule has 6 nitrogen and oxygen atoms in total. The Labute approximate surface area is 210 Å². The molecule has 3 aromatic carbocycles. The van der Waals surface area contributed by atoms with Crippen LogP contribution in [0.5, 0.6) is 0 Å². The number of pyridine rings is 1. The summed E-state index contributed by atoms with van der Waals surface area (Å²) in [5.74, 6) is -0.302. The zero-order chi connectivity index (χ0) is 24.6. The molecule has 1 atom stereocenters. The number of hydrazone groups is 2. The third-order valence-electron chi connectivity index (χ3n) is 5.85. The lowest BCUT2D eigenvalue weighted by atomic mass is 10.0. The standard InChI is InChI=1S/C30H25N5O/c36-30(26-12-7-19-31-22-26)33-32-21-24-14-17-28(18-15-24)35-29(25-10-5-2-6-11-25)20-27(34-35)16-13-23-8-3-1-4-9-23/h1-19,21-22,29H,20H2,(H,33,36)/b16-13+,32-21+. The highest BCUT2D eigenvalue weighted by Gasteiger charge is 2.28. The molecule has 0 spiro atoms. The van der Waals surface area contributed by atoms with Crippen LogP contribution in [0.1, 0.15) is 39.5 Å². The number of hydrogen-bond acceptors (Lipinski definition) is 5. The molecular formula is C30H25N5O. The van der Waals surface area contributed by atoms with Gasteiger partial charge in [0.15, 0.2) is 0 Å². The molecule has 6 heteroatoms. The smallest absolute Gasteiger partial charge is 0.267 e. The largest absolute Gasteiger partial charge is 0.272 e. The minimum atomic E-state index is -0.302. The number of nitrogens with zero attached hydrogens (tertiary/aromatic N) is 4. The molecule has 0 fully saturated rings. The number of benzene rings is 3. The van der Waals surface area contributed by atoms with Crippen molar-refractivity contribution in [3.05, 3.63) is 138 Å². The third kappa shape index (κ3) is 5.62. The fraction of sp³-hybridized carbons (Fsp3) is 0.0667. The first-order valence-corrected chi connectivity index (χ1v) is 11.7. The summed E-state index contributed by atoms with van der Waals surface area (Å²) >= 11 is 0. The normalized spacial score (nSPS) is 15.4. The number of hydrogen-bond donors (Lipinski definition) is 1. The van der Waals surface area contributed by atoms with Crippen LogP contribution in [-0.2, 0) is 0 Å². The molecule has 1 aromatic heterocycles. The zero-order valence-electron chi connectivity index (χ0n) is 19.6. The predicted octanol–water partition coefficient (Wildman–Crippen LogP) is 5.87. The zero-order valence-corrected chi connectivity index (χ0v) is 19.6. The van der Waals surface area contributed by atoms with Gasteiger partial charge in [-0.25, -0.2) is 5.43 Å². The second-order valence-electron chi connectivity index (χ2n) is 8.34. The number of rotatable bonds is 7. The Balaban J connectivity index is 1.32. The van der Waals surface area contributed by atoms with Gasteiger partial charge < -0.3 is 0 Å². The third-order valence-corrected chi connectivity index (χ3v) is 5.85. The summed E-state index contributed by atoms with van der Waals surface area (Å²) in [6.45, 7) is 0. The summed E-state index contributed by atoms with van der Waals surface area (Å²) in [6.07, 6.45) is 9.76. The van der Waals surface area contributed by atoms with E-state index in [1.165, 1.54) is 11.8 Å². The number of carbonyl (C=O) groups is 1. The fourth-order valence-corrected chi connectivity index (χ4v) is 4.00. The molecule has 1 N–H and O–H groups in total.